The van der Waals surface area contributed by atoms with Crippen LogP contribution in [0, 0.1) is 11.8 Å². The number of ketones is 1. The Balaban J connectivity index is 2.36. The van der Waals surface area contributed by atoms with Crippen LogP contribution in [0.4, 0.5) is 0 Å². The van der Waals surface area contributed by atoms with Gasteiger partial charge in [-0.2, -0.15) is 0 Å². The lowest BCUT2D eigenvalue weighted by atomic mass is 9.88. The molecule has 3 atom stereocenters. The van der Waals surface area contributed by atoms with Gasteiger partial charge in [-0.3, -0.25) is 4.79 Å². The summed E-state index contributed by atoms with van der Waals surface area (Å²) in [6.45, 7) is 4.02. The van der Waals surface area contributed by atoms with Crippen LogP contribution in [-0.4, -0.2) is 22.8 Å². The maximum absolute atomic E-state index is 12.0. The average molecular weight is 335 g/mol. The van der Waals surface area contributed by atoms with Crippen LogP contribution < -0.4 is 0 Å². The molecule has 136 valence electrons. The molecule has 0 saturated heterocycles. The summed E-state index contributed by atoms with van der Waals surface area (Å²) < 4.78 is 0. The van der Waals surface area contributed by atoms with Crippen LogP contribution in [0.25, 0.3) is 0 Å². The minimum absolute atomic E-state index is 0.0629. The minimum Gasteiger partial charge on any atom is -0.390 e. The zero-order valence-corrected chi connectivity index (χ0v) is 15.4. The number of allylic oxidation sites excluding steroid dienone is 3. The topological polar surface area (TPSA) is 54.4 Å². The summed E-state index contributed by atoms with van der Waals surface area (Å²) in [6.07, 6.45) is 18.1. The molecule has 1 rings (SSSR count). The lowest BCUT2D eigenvalue weighted by Gasteiger charge is -2.21. The van der Waals surface area contributed by atoms with Gasteiger partial charge in [-0.1, -0.05) is 57.3 Å². The van der Waals surface area contributed by atoms with Crippen molar-refractivity contribution in [3.63, 3.8) is 0 Å². The molecular weight excluding hydrogens is 300 g/mol. The average Bonchev–Trinajstić information content (AvgIpc) is 2.89. The van der Waals surface area contributed by atoms with Gasteiger partial charge >= 0.3 is 0 Å². The van der Waals surface area contributed by atoms with Gasteiger partial charge in [0, 0.05) is 18.3 Å². The van der Waals surface area contributed by atoms with Crippen molar-refractivity contribution in [1.29, 1.82) is 0 Å². The summed E-state index contributed by atoms with van der Waals surface area (Å²) in [6, 6.07) is 0. The van der Waals surface area contributed by atoms with Crippen molar-refractivity contribution in [3.8, 4) is 0 Å². The van der Waals surface area contributed by atoms with Crippen LogP contribution in [0.15, 0.2) is 24.3 Å². The fraction of sp³-hybridized carbons (Fsp3) is 0.714. The van der Waals surface area contributed by atoms with Gasteiger partial charge in [-0.05, 0) is 38.7 Å². The molecule has 0 aromatic heterocycles. The quantitative estimate of drug-likeness (QED) is 0.299. The van der Waals surface area contributed by atoms with E-state index < -0.39 is 5.60 Å². The standard InChI is InChI=1S/C21H34O3/c1-3-4-15-21(2,24)16-10-11-18-13-14-20(23)19(18)12-8-6-5-7-9-17-22/h10-11,13-14,17-19,24H,3-9,12,15-16H2,1-2H3/b11-10+. The first-order valence-electron chi connectivity index (χ1n) is 9.55. The molecule has 0 bridgehead atoms. The summed E-state index contributed by atoms with van der Waals surface area (Å²) in [5.74, 6) is 0.470. The Morgan fingerprint density at radius 2 is 1.96 bits per heavy atom. The first-order valence-corrected chi connectivity index (χ1v) is 9.55. The van der Waals surface area contributed by atoms with Crippen molar-refractivity contribution in [3.05, 3.63) is 24.3 Å². The monoisotopic (exact) mass is 334 g/mol. The molecule has 24 heavy (non-hydrogen) atoms. The second kappa shape index (κ2) is 11.4. The van der Waals surface area contributed by atoms with E-state index in [-0.39, 0.29) is 17.6 Å². The highest BCUT2D eigenvalue weighted by atomic mass is 16.3. The van der Waals surface area contributed by atoms with Crippen LogP contribution in [0.3, 0.4) is 0 Å². The summed E-state index contributed by atoms with van der Waals surface area (Å²) in [7, 11) is 0. The predicted octanol–water partition coefficient (Wildman–Crippen LogP) is 4.78. The molecule has 1 aliphatic carbocycles. The molecular formula is C21H34O3. The lowest BCUT2D eigenvalue weighted by molar-refractivity contribution is -0.118. The van der Waals surface area contributed by atoms with Gasteiger partial charge in [0.05, 0.1) is 5.60 Å². The third-order valence-electron chi connectivity index (χ3n) is 4.88. The zero-order chi connectivity index (χ0) is 17.8. The molecule has 0 heterocycles. The molecule has 0 spiro atoms. The second-order valence-electron chi connectivity index (χ2n) is 7.34. The van der Waals surface area contributed by atoms with Gasteiger partial charge in [0.1, 0.15) is 6.29 Å². The van der Waals surface area contributed by atoms with Crippen molar-refractivity contribution >= 4 is 12.1 Å². The number of hydrogen-bond acceptors (Lipinski definition) is 3. The summed E-state index contributed by atoms with van der Waals surface area (Å²) in [5.41, 5.74) is -0.646. The van der Waals surface area contributed by atoms with E-state index in [0.29, 0.717) is 12.8 Å². The van der Waals surface area contributed by atoms with Gasteiger partial charge in [-0.25, -0.2) is 0 Å². The van der Waals surface area contributed by atoms with Gasteiger partial charge in [0.2, 0.25) is 0 Å². The van der Waals surface area contributed by atoms with Crippen LogP contribution in [0.2, 0.25) is 0 Å². The number of unbranched alkanes of at least 4 members (excludes halogenated alkanes) is 5. The van der Waals surface area contributed by atoms with Crippen molar-refractivity contribution in [2.75, 3.05) is 0 Å². The Morgan fingerprint density at radius 1 is 1.21 bits per heavy atom. The maximum Gasteiger partial charge on any atom is 0.159 e. The minimum atomic E-state index is -0.646. The van der Waals surface area contributed by atoms with Crippen LogP contribution >= 0.6 is 0 Å². The molecule has 3 heteroatoms. The molecule has 3 nitrogen and oxygen atoms in total. The molecule has 0 aliphatic heterocycles. The maximum atomic E-state index is 12.0. The zero-order valence-electron chi connectivity index (χ0n) is 15.4. The number of aliphatic hydroxyl groups is 1. The summed E-state index contributed by atoms with van der Waals surface area (Å²) in [4.78, 5) is 22.3. The van der Waals surface area contributed by atoms with Gasteiger partial charge in [-0.15, -0.1) is 0 Å². The second-order valence-corrected chi connectivity index (χ2v) is 7.34. The Hall–Kier alpha value is -1.22. The molecule has 0 aromatic rings. The van der Waals surface area contributed by atoms with Crippen molar-refractivity contribution < 1.29 is 14.7 Å². The van der Waals surface area contributed by atoms with Crippen molar-refractivity contribution in [1.82, 2.24) is 0 Å². The number of hydrogen-bond donors (Lipinski definition) is 1. The third kappa shape index (κ3) is 8.05. The Kier molecular flexibility index (Phi) is 9.85. The van der Waals surface area contributed by atoms with Crippen LogP contribution in [0.1, 0.15) is 78.1 Å². The van der Waals surface area contributed by atoms with E-state index in [1.54, 1.807) is 6.08 Å². The van der Waals surface area contributed by atoms with Crippen molar-refractivity contribution in [2.24, 2.45) is 11.8 Å². The number of rotatable bonds is 13. The molecule has 0 fully saturated rings. The molecule has 3 unspecified atom stereocenters. The number of aldehydes is 1. The number of carbonyl (C=O) groups is 2. The Morgan fingerprint density at radius 3 is 2.67 bits per heavy atom. The highest BCUT2D eigenvalue weighted by Crippen LogP contribution is 2.29. The molecule has 0 aromatic carbocycles. The van der Waals surface area contributed by atoms with Crippen LogP contribution in [-0.2, 0) is 9.59 Å². The first kappa shape index (κ1) is 20.8. The predicted molar refractivity (Wildman–Crippen MR) is 98.8 cm³/mol. The lowest BCUT2D eigenvalue weighted by Crippen LogP contribution is -2.22. The fourth-order valence-electron chi connectivity index (χ4n) is 3.27. The molecule has 1 N–H and O–H groups in total. The fourth-order valence-corrected chi connectivity index (χ4v) is 3.27. The van der Waals surface area contributed by atoms with E-state index in [9.17, 15) is 14.7 Å². The van der Waals surface area contributed by atoms with Crippen molar-refractivity contribution in [2.45, 2.75) is 83.7 Å². The van der Waals surface area contributed by atoms with Gasteiger partial charge < -0.3 is 9.90 Å². The molecule has 0 saturated carbocycles. The van der Waals surface area contributed by atoms with Gasteiger partial charge in [0.15, 0.2) is 5.78 Å². The van der Waals surface area contributed by atoms with Crippen LogP contribution in [0.5, 0.6) is 0 Å². The highest BCUT2D eigenvalue weighted by Gasteiger charge is 2.27. The normalized spacial score (nSPS) is 23.0. The van der Waals surface area contributed by atoms with E-state index in [2.05, 4.69) is 13.0 Å². The largest absolute Gasteiger partial charge is 0.390 e. The SMILES string of the molecule is CCCCC(C)(O)C/C=C/C1C=CC(=O)C1CCCCCCC=O. The van der Waals surface area contributed by atoms with E-state index in [1.165, 1.54) is 0 Å². The molecule has 1 aliphatic rings. The number of carbonyl (C=O) groups excluding carboxylic acids is 2. The first-order chi connectivity index (χ1) is 11.5. The van der Waals surface area contributed by atoms with E-state index in [4.69, 9.17) is 0 Å². The van der Waals surface area contributed by atoms with E-state index in [0.717, 1.165) is 57.7 Å². The van der Waals surface area contributed by atoms with E-state index in [1.807, 2.05) is 19.1 Å². The molecule has 0 amide bonds. The smallest absolute Gasteiger partial charge is 0.159 e. The Bertz CT molecular complexity index is 434. The molecule has 0 radical (unpaired) electrons. The highest BCUT2D eigenvalue weighted by molar-refractivity contribution is 5.94. The third-order valence-corrected chi connectivity index (χ3v) is 4.88. The summed E-state index contributed by atoms with van der Waals surface area (Å²) >= 11 is 0. The van der Waals surface area contributed by atoms with E-state index >= 15 is 0 Å². The van der Waals surface area contributed by atoms with Gasteiger partial charge in [0.25, 0.3) is 0 Å². The summed E-state index contributed by atoms with van der Waals surface area (Å²) in [5, 5.41) is 10.3. The Labute approximate surface area is 147 Å².